The predicted molar refractivity (Wildman–Crippen MR) is 115 cm³/mol. The van der Waals surface area contributed by atoms with Crippen molar-refractivity contribution in [1.82, 2.24) is 15.1 Å². The fourth-order valence-electron chi connectivity index (χ4n) is 3.58. The van der Waals surface area contributed by atoms with Crippen LogP contribution in [-0.2, 0) is 4.79 Å². The molecule has 1 aromatic rings. The third kappa shape index (κ3) is 4.98. The summed E-state index contributed by atoms with van der Waals surface area (Å²) in [4.78, 5) is 42.4. The van der Waals surface area contributed by atoms with Gasteiger partial charge in [0.1, 0.15) is 11.8 Å². The van der Waals surface area contributed by atoms with Gasteiger partial charge in [-0.05, 0) is 56.2 Å². The van der Waals surface area contributed by atoms with Crippen molar-refractivity contribution in [2.24, 2.45) is 5.92 Å². The number of halogens is 1. The van der Waals surface area contributed by atoms with Crippen molar-refractivity contribution < 1.29 is 19.1 Å². The number of urea groups is 2. The van der Waals surface area contributed by atoms with Gasteiger partial charge < -0.3 is 19.9 Å². The molecule has 2 aliphatic rings. The Bertz CT molecular complexity index is 812. The van der Waals surface area contributed by atoms with Crippen LogP contribution < -0.4 is 15.0 Å². The lowest BCUT2D eigenvalue weighted by molar-refractivity contribution is -0.120. The Morgan fingerprint density at radius 3 is 2.63 bits per heavy atom. The summed E-state index contributed by atoms with van der Waals surface area (Å²) >= 11 is 6.12. The lowest BCUT2D eigenvalue weighted by Gasteiger charge is -2.22. The van der Waals surface area contributed by atoms with Gasteiger partial charge in [-0.2, -0.15) is 0 Å². The molecule has 1 saturated carbocycles. The summed E-state index contributed by atoms with van der Waals surface area (Å²) in [6.45, 7) is 1.12. The molecule has 164 valence electrons. The molecule has 1 aromatic carbocycles. The van der Waals surface area contributed by atoms with Gasteiger partial charge in [0.05, 0.1) is 12.8 Å². The van der Waals surface area contributed by atoms with Crippen molar-refractivity contribution >= 4 is 35.3 Å². The van der Waals surface area contributed by atoms with E-state index in [0.717, 1.165) is 25.7 Å². The minimum atomic E-state index is -0.508. The highest BCUT2D eigenvalue weighted by molar-refractivity contribution is 6.31. The third-order valence-electron chi connectivity index (χ3n) is 5.44. The van der Waals surface area contributed by atoms with Gasteiger partial charge in [0.15, 0.2) is 0 Å². The lowest BCUT2D eigenvalue weighted by atomic mass is 10.1. The number of carbonyl (C=O) groups is 3. The molecule has 9 heteroatoms. The Morgan fingerprint density at radius 2 is 2.00 bits per heavy atom. The molecule has 1 atom stereocenters. The van der Waals surface area contributed by atoms with Crippen molar-refractivity contribution in [2.75, 3.05) is 39.2 Å². The number of unbranched alkanes of at least 4 members (excludes halogenated alkanes) is 1. The van der Waals surface area contributed by atoms with E-state index < -0.39 is 6.04 Å². The zero-order valence-corrected chi connectivity index (χ0v) is 18.4. The number of benzene rings is 1. The second kappa shape index (κ2) is 9.55. The normalized spacial score (nSPS) is 18.7. The van der Waals surface area contributed by atoms with Crippen LogP contribution in [0.5, 0.6) is 5.75 Å². The summed E-state index contributed by atoms with van der Waals surface area (Å²) in [6, 6.07) is 3.94. The van der Waals surface area contributed by atoms with Gasteiger partial charge in [0, 0.05) is 32.2 Å². The first-order valence-electron chi connectivity index (χ1n) is 10.3. The lowest BCUT2D eigenvalue weighted by Crippen LogP contribution is -2.37. The van der Waals surface area contributed by atoms with Crippen LogP contribution in [0.4, 0.5) is 15.3 Å². The molecule has 8 nitrogen and oxygen atoms in total. The van der Waals surface area contributed by atoms with E-state index >= 15 is 0 Å². The number of nitrogens with zero attached hydrogens (tertiary/aromatic N) is 3. The molecule has 0 unspecified atom stereocenters. The van der Waals surface area contributed by atoms with E-state index in [1.54, 1.807) is 37.2 Å². The average molecular weight is 437 g/mol. The quantitative estimate of drug-likeness (QED) is 0.475. The number of hydrogen-bond acceptors (Lipinski definition) is 4. The van der Waals surface area contributed by atoms with Crippen LogP contribution in [0.1, 0.15) is 32.1 Å². The number of amides is 5. The second-order valence-corrected chi connectivity index (χ2v) is 8.44. The largest absolute Gasteiger partial charge is 0.495 e. The van der Waals surface area contributed by atoms with Gasteiger partial charge in [0.25, 0.3) is 5.91 Å². The molecule has 30 heavy (non-hydrogen) atoms. The third-order valence-corrected chi connectivity index (χ3v) is 5.67. The predicted octanol–water partition coefficient (Wildman–Crippen LogP) is 3.34. The molecule has 0 radical (unpaired) electrons. The van der Waals surface area contributed by atoms with E-state index in [1.807, 2.05) is 0 Å². The van der Waals surface area contributed by atoms with Gasteiger partial charge in [-0.3, -0.25) is 4.79 Å². The average Bonchev–Trinajstić information content (AvgIpc) is 3.49. The van der Waals surface area contributed by atoms with Crippen molar-refractivity contribution in [3.63, 3.8) is 0 Å². The topological polar surface area (TPSA) is 82.2 Å². The molecule has 0 bridgehead atoms. The summed E-state index contributed by atoms with van der Waals surface area (Å²) in [5, 5.41) is 3.25. The standard InChI is InChI=1S/C21H29ClN4O4/c1-24(2)20(28)23-11-5-4-6-16-19(27)26(21(29)25(16)13-14-7-8-14)17-12-15(22)9-10-18(17)30-3/h9-10,12,14,16H,4-8,11,13H2,1-3H3,(H,23,28)/t16-/m0/s1. The minimum Gasteiger partial charge on any atom is -0.495 e. The number of imide groups is 1. The monoisotopic (exact) mass is 436 g/mol. The SMILES string of the molecule is COc1ccc(Cl)cc1N1C(=O)[C@H](CCCCNC(=O)N(C)C)N(CC2CC2)C1=O. The van der Waals surface area contributed by atoms with Crippen LogP contribution in [0.15, 0.2) is 18.2 Å². The fraction of sp³-hybridized carbons (Fsp3) is 0.571. The number of hydrogen-bond donors (Lipinski definition) is 1. The highest BCUT2D eigenvalue weighted by atomic mass is 35.5. The van der Waals surface area contributed by atoms with Crippen LogP contribution in [0.3, 0.4) is 0 Å². The van der Waals surface area contributed by atoms with Crippen molar-refractivity contribution in [3.8, 4) is 5.75 Å². The van der Waals surface area contributed by atoms with E-state index in [4.69, 9.17) is 16.3 Å². The highest BCUT2D eigenvalue weighted by Gasteiger charge is 2.47. The molecule has 2 fully saturated rings. The van der Waals surface area contributed by atoms with Crippen LogP contribution in [0, 0.1) is 5.92 Å². The first kappa shape index (κ1) is 22.2. The maximum absolute atomic E-state index is 13.3. The number of anilines is 1. The Hall–Kier alpha value is -2.48. The molecule has 1 heterocycles. The number of rotatable bonds is 9. The zero-order chi connectivity index (χ0) is 21.8. The summed E-state index contributed by atoms with van der Waals surface area (Å²) in [5.74, 6) is 0.642. The minimum absolute atomic E-state index is 0.142. The summed E-state index contributed by atoms with van der Waals surface area (Å²) in [7, 11) is 4.87. The number of ether oxygens (including phenoxy) is 1. The molecular weight excluding hydrogens is 408 g/mol. The van der Waals surface area contributed by atoms with Crippen molar-refractivity contribution in [1.29, 1.82) is 0 Å². The molecule has 0 aromatic heterocycles. The van der Waals surface area contributed by atoms with Gasteiger partial charge in [-0.25, -0.2) is 14.5 Å². The van der Waals surface area contributed by atoms with Gasteiger partial charge in [0.2, 0.25) is 0 Å². The summed E-state index contributed by atoms with van der Waals surface area (Å²) in [5.41, 5.74) is 0.376. The van der Waals surface area contributed by atoms with E-state index in [1.165, 1.54) is 16.9 Å². The first-order chi connectivity index (χ1) is 14.3. The van der Waals surface area contributed by atoms with Crippen LogP contribution in [0.2, 0.25) is 5.02 Å². The van der Waals surface area contributed by atoms with Crippen LogP contribution in [0.25, 0.3) is 0 Å². The van der Waals surface area contributed by atoms with Gasteiger partial charge >= 0.3 is 12.1 Å². The highest BCUT2D eigenvalue weighted by Crippen LogP contribution is 2.38. The summed E-state index contributed by atoms with van der Waals surface area (Å²) in [6.07, 6.45) is 4.17. The fourth-order valence-corrected chi connectivity index (χ4v) is 3.74. The molecule has 1 saturated heterocycles. The first-order valence-corrected chi connectivity index (χ1v) is 10.6. The Balaban J connectivity index is 1.70. The van der Waals surface area contributed by atoms with E-state index in [2.05, 4.69) is 5.32 Å². The number of nitrogens with one attached hydrogen (secondary N) is 1. The maximum atomic E-state index is 13.3. The Morgan fingerprint density at radius 1 is 1.27 bits per heavy atom. The van der Waals surface area contributed by atoms with Crippen molar-refractivity contribution in [2.45, 2.75) is 38.1 Å². The molecule has 1 aliphatic carbocycles. The maximum Gasteiger partial charge on any atom is 0.332 e. The zero-order valence-electron chi connectivity index (χ0n) is 17.7. The van der Waals surface area contributed by atoms with E-state index in [0.29, 0.717) is 41.9 Å². The molecule has 3 rings (SSSR count). The molecule has 1 N–H and O–H groups in total. The Kier molecular flexibility index (Phi) is 7.07. The van der Waals surface area contributed by atoms with Gasteiger partial charge in [-0.15, -0.1) is 0 Å². The van der Waals surface area contributed by atoms with E-state index in [-0.39, 0.29) is 18.0 Å². The van der Waals surface area contributed by atoms with Crippen LogP contribution >= 0.6 is 11.6 Å². The Labute approximate surface area is 182 Å². The van der Waals surface area contributed by atoms with E-state index in [9.17, 15) is 14.4 Å². The molecule has 0 spiro atoms. The molecule has 5 amide bonds. The second-order valence-electron chi connectivity index (χ2n) is 8.01. The number of methoxy groups -OCH3 is 1. The molecule has 1 aliphatic heterocycles. The molecular formula is C21H29ClN4O4. The van der Waals surface area contributed by atoms with Crippen LogP contribution in [-0.4, -0.2) is 68.1 Å². The summed E-state index contributed by atoms with van der Waals surface area (Å²) < 4.78 is 5.36. The van der Waals surface area contributed by atoms with Crippen molar-refractivity contribution in [3.05, 3.63) is 23.2 Å². The number of carbonyl (C=O) groups excluding carboxylic acids is 3. The smallest absolute Gasteiger partial charge is 0.332 e. The van der Waals surface area contributed by atoms with Gasteiger partial charge in [-0.1, -0.05) is 11.6 Å².